The van der Waals surface area contributed by atoms with E-state index < -0.39 is 47.9 Å². The van der Waals surface area contributed by atoms with Crippen molar-refractivity contribution in [2.45, 2.75) is 96.1 Å². The third kappa shape index (κ3) is 7.43. The molecule has 1 aliphatic carbocycles. The molecule has 1 N–H and O–H groups in total. The Morgan fingerprint density at radius 1 is 0.900 bits per heavy atom. The number of halogens is 6. The first kappa shape index (κ1) is 30.5. The minimum Gasteiger partial charge on any atom is -0.485 e. The van der Waals surface area contributed by atoms with Gasteiger partial charge in [0.1, 0.15) is 23.6 Å². The zero-order valence-electron chi connectivity index (χ0n) is 23.1. The minimum atomic E-state index is -4.93. The molecule has 4 rings (SSSR count). The Labute approximate surface area is 231 Å². The molecule has 40 heavy (non-hydrogen) atoms. The number of anilines is 1. The second-order valence-electron chi connectivity index (χ2n) is 11.2. The lowest BCUT2D eigenvalue weighted by Crippen LogP contribution is -2.51. The van der Waals surface area contributed by atoms with E-state index in [0.29, 0.717) is 37.0 Å². The second-order valence-corrected chi connectivity index (χ2v) is 11.2. The molecule has 1 saturated carbocycles. The van der Waals surface area contributed by atoms with Crippen LogP contribution in [0.5, 0.6) is 5.75 Å². The summed E-state index contributed by atoms with van der Waals surface area (Å²) in [5, 5.41) is 3.26. The lowest BCUT2D eigenvalue weighted by molar-refractivity contribution is -0.168. The highest BCUT2D eigenvalue weighted by molar-refractivity contribution is 5.53. The Balaban J connectivity index is 1.62. The van der Waals surface area contributed by atoms with Crippen molar-refractivity contribution in [1.82, 2.24) is 0 Å². The molecule has 2 aromatic carbocycles. The number of benzene rings is 2. The minimum absolute atomic E-state index is 0.118. The highest BCUT2D eigenvalue weighted by Crippen LogP contribution is 2.45. The molecule has 0 amide bonds. The molecule has 0 bridgehead atoms. The van der Waals surface area contributed by atoms with E-state index in [1.54, 1.807) is 13.8 Å². The third-order valence-electron chi connectivity index (χ3n) is 7.66. The van der Waals surface area contributed by atoms with Gasteiger partial charge in [-0.1, -0.05) is 32.1 Å². The van der Waals surface area contributed by atoms with E-state index in [1.165, 1.54) is 19.3 Å². The molecule has 2 unspecified atom stereocenters. The first-order valence-electron chi connectivity index (χ1n) is 13.9. The molecule has 0 aromatic heterocycles. The summed E-state index contributed by atoms with van der Waals surface area (Å²) in [5.41, 5.74) is -2.38. The summed E-state index contributed by atoms with van der Waals surface area (Å²) in [6, 6.07) is 7.14. The van der Waals surface area contributed by atoms with Crippen molar-refractivity contribution in [3.05, 3.63) is 58.7 Å². The van der Waals surface area contributed by atoms with Crippen LogP contribution in [0.25, 0.3) is 0 Å². The quantitative estimate of drug-likeness (QED) is 0.304. The predicted octanol–water partition coefficient (Wildman–Crippen LogP) is 8.94. The van der Waals surface area contributed by atoms with E-state index in [4.69, 9.17) is 14.2 Å². The van der Waals surface area contributed by atoms with Gasteiger partial charge in [0.25, 0.3) is 0 Å². The Hall–Kier alpha value is -2.46. The maximum Gasteiger partial charge on any atom is 0.416 e. The first-order chi connectivity index (χ1) is 18.8. The van der Waals surface area contributed by atoms with Gasteiger partial charge < -0.3 is 19.5 Å². The van der Waals surface area contributed by atoms with Crippen LogP contribution >= 0.6 is 0 Å². The second kappa shape index (κ2) is 12.2. The van der Waals surface area contributed by atoms with E-state index in [9.17, 15) is 26.3 Å². The third-order valence-corrected chi connectivity index (χ3v) is 7.66. The average Bonchev–Trinajstić information content (AvgIpc) is 2.87. The van der Waals surface area contributed by atoms with Gasteiger partial charge in [-0.3, -0.25) is 0 Å². The molecular formula is C30H37F6NO3. The van der Waals surface area contributed by atoms with Gasteiger partial charge >= 0.3 is 12.4 Å². The van der Waals surface area contributed by atoms with Gasteiger partial charge in [0, 0.05) is 24.4 Å². The van der Waals surface area contributed by atoms with E-state index in [-0.39, 0.29) is 11.6 Å². The van der Waals surface area contributed by atoms with Crippen LogP contribution in [-0.4, -0.2) is 24.9 Å². The SMILES string of the molecule is CCNc1ccc2c(c1)C(OCCC1CCCCC1)C(OCc1cc(C(F)(F)F)cc(C(F)(F)F)c1)C(C)(C)O2. The monoisotopic (exact) mass is 573 g/mol. The molecule has 1 heterocycles. The van der Waals surface area contributed by atoms with Crippen LogP contribution in [0, 0.1) is 5.92 Å². The summed E-state index contributed by atoms with van der Waals surface area (Å²) in [5.74, 6) is 1.17. The van der Waals surface area contributed by atoms with Crippen LogP contribution in [0.15, 0.2) is 36.4 Å². The van der Waals surface area contributed by atoms with Crippen LogP contribution in [0.4, 0.5) is 32.0 Å². The Morgan fingerprint density at radius 2 is 1.55 bits per heavy atom. The molecule has 0 spiro atoms. The van der Waals surface area contributed by atoms with Crippen LogP contribution in [0.3, 0.4) is 0 Å². The topological polar surface area (TPSA) is 39.7 Å². The van der Waals surface area contributed by atoms with Crippen molar-refractivity contribution in [3.8, 4) is 5.75 Å². The molecule has 2 atom stereocenters. The van der Waals surface area contributed by atoms with Gasteiger partial charge in [0.2, 0.25) is 0 Å². The van der Waals surface area contributed by atoms with Crippen LogP contribution in [0.2, 0.25) is 0 Å². The predicted molar refractivity (Wildman–Crippen MR) is 140 cm³/mol. The summed E-state index contributed by atoms with van der Waals surface area (Å²) in [4.78, 5) is 0. The summed E-state index contributed by atoms with van der Waals surface area (Å²) in [6.45, 7) is 6.20. The average molecular weight is 574 g/mol. The molecule has 222 valence electrons. The van der Waals surface area contributed by atoms with E-state index in [2.05, 4.69) is 5.32 Å². The van der Waals surface area contributed by atoms with Gasteiger partial charge in [-0.25, -0.2) is 0 Å². The fourth-order valence-electron chi connectivity index (χ4n) is 5.64. The van der Waals surface area contributed by atoms with Crippen LogP contribution in [-0.2, 0) is 28.4 Å². The summed E-state index contributed by atoms with van der Waals surface area (Å²) >= 11 is 0. The van der Waals surface area contributed by atoms with Crippen LogP contribution in [0.1, 0.15) is 87.7 Å². The Bertz CT molecular complexity index is 1110. The van der Waals surface area contributed by atoms with Crippen molar-refractivity contribution in [2.75, 3.05) is 18.5 Å². The zero-order valence-corrected chi connectivity index (χ0v) is 23.1. The lowest BCUT2D eigenvalue weighted by atomic mass is 9.86. The Morgan fingerprint density at radius 3 is 2.15 bits per heavy atom. The standard InChI is InChI=1S/C30H37F6NO3/c1-4-37-23-10-11-25-24(17-23)26(38-13-12-19-8-6-5-7-9-19)27(28(2,3)40-25)39-18-20-14-21(29(31,32)33)16-22(15-20)30(34,35)36/h10-11,14-17,19,26-27,37H,4-9,12-13,18H2,1-3H3. The highest BCUT2D eigenvalue weighted by atomic mass is 19.4. The largest absolute Gasteiger partial charge is 0.485 e. The molecule has 4 nitrogen and oxygen atoms in total. The first-order valence-corrected chi connectivity index (χ1v) is 13.9. The van der Waals surface area contributed by atoms with Gasteiger partial charge in [-0.05, 0) is 75.1 Å². The molecule has 0 radical (unpaired) electrons. The number of rotatable bonds is 9. The van der Waals surface area contributed by atoms with Gasteiger partial charge in [0.15, 0.2) is 0 Å². The number of hydrogen-bond acceptors (Lipinski definition) is 4. The van der Waals surface area contributed by atoms with E-state index in [0.717, 1.165) is 30.5 Å². The van der Waals surface area contributed by atoms with Crippen molar-refractivity contribution < 1.29 is 40.6 Å². The fourth-order valence-corrected chi connectivity index (χ4v) is 5.64. The number of nitrogens with one attached hydrogen (secondary N) is 1. The number of hydrogen-bond donors (Lipinski definition) is 1. The molecule has 1 aliphatic heterocycles. The van der Waals surface area contributed by atoms with Crippen molar-refractivity contribution in [1.29, 1.82) is 0 Å². The smallest absolute Gasteiger partial charge is 0.416 e. The zero-order chi connectivity index (χ0) is 29.1. The fraction of sp³-hybridized carbons (Fsp3) is 0.600. The lowest BCUT2D eigenvalue weighted by Gasteiger charge is -2.44. The van der Waals surface area contributed by atoms with Crippen molar-refractivity contribution in [2.24, 2.45) is 5.92 Å². The maximum atomic E-state index is 13.4. The maximum absolute atomic E-state index is 13.4. The highest BCUT2D eigenvalue weighted by Gasteiger charge is 2.46. The summed E-state index contributed by atoms with van der Waals surface area (Å²) in [7, 11) is 0. The van der Waals surface area contributed by atoms with E-state index >= 15 is 0 Å². The molecule has 0 saturated heterocycles. The molecular weight excluding hydrogens is 536 g/mol. The molecule has 10 heteroatoms. The van der Waals surface area contributed by atoms with Crippen LogP contribution < -0.4 is 10.1 Å². The number of alkyl halides is 6. The van der Waals surface area contributed by atoms with Crippen molar-refractivity contribution >= 4 is 5.69 Å². The summed E-state index contributed by atoms with van der Waals surface area (Å²) in [6.07, 6.45) is -4.48. The van der Waals surface area contributed by atoms with Crippen molar-refractivity contribution in [3.63, 3.8) is 0 Å². The number of ether oxygens (including phenoxy) is 3. The number of fused-ring (bicyclic) bond motifs is 1. The molecule has 2 aromatic rings. The van der Waals surface area contributed by atoms with E-state index in [1.807, 2.05) is 25.1 Å². The molecule has 2 aliphatic rings. The normalized spacial score (nSPS) is 21.5. The van der Waals surface area contributed by atoms with Gasteiger partial charge in [-0.2, -0.15) is 26.3 Å². The van der Waals surface area contributed by atoms with Gasteiger partial charge in [-0.15, -0.1) is 0 Å². The Kier molecular flexibility index (Phi) is 9.29. The summed E-state index contributed by atoms with van der Waals surface area (Å²) < 4.78 is 99.3. The van der Waals surface area contributed by atoms with Gasteiger partial charge in [0.05, 0.1) is 17.7 Å². The molecule has 1 fully saturated rings.